The van der Waals surface area contributed by atoms with Gasteiger partial charge in [0, 0.05) is 33.2 Å². The van der Waals surface area contributed by atoms with Gasteiger partial charge in [0.1, 0.15) is 0 Å². The Morgan fingerprint density at radius 1 is 1.31 bits per heavy atom. The maximum Gasteiger partial charge on any atom is 0.416 e. The van der Waals surface area contributed by atoms with Crippen LogP contribution in [-0.4, -0.2) is 56.0 Å². The predicted molar refractivity (Wildman–Crippen MR) is 99.1 cm³/mol. The number of alkyl halides is 3. The van der Waals surface area contributed by atoms with Crippen molar-refractivity contribution in [3.8, 4) is 0 Å². The molecule has 1 aromatic carbocycles. The van der Waals surface area contributed by atoms with Gasteiger partial charge >= 0.3 is 6.18 Å². The van der Waals surface area contributed by atoms with Crippen molar-refractivity contribution in [1.29, 1.82) is 0 Å². The van der Waals surface area contributed by atoms with Gasteiger partial charge in [-0.2, -0.15) is 13.2 Å². The fourth-order valence-electron chi connectivity index (χ4n) is 3.26. The maximum absolute atomic E-state index is 12.7. The Balaban J connectivity index is 1.98. The summed E-state index contributed by atoms with van der Waals surface area (Å²) in [6.45, 7) is 6.24. The monoisotopic (exact) mass is 370 g/mol. The smallest absolute Gasteiger partial charge is 0.357 e. The third-order valence-electron chi connectivity index (χ3n) is 4.62. The predicted octanol–water partition coefficient (Wildman–Crippen LogP) is 3.44. The molecule has 1 N–H and O–H groups in total. The lowest BCUT2D eigenvalue weighted by Crippen LogP contribution is -2.39. The highest BCUT2D eigenvalue weighted by Gasteiger charge is 2.30. The summed E-state index contributed by atoms with van der Waals surface area (Å²) in [5, 5.41) is 3.27. The summed E-state index contributed by atoms with van der Waals surface area (Å²) in [5.41, 5.74) is 0.203. The van der Waals surface area contributed by atoms with E-state index in [1.54, 1.807) is 0 Å². The van der Waals surface area contributed by atoms with E-state index >= 15 is 0 Å². The van der Waals surface area contributed by atoms with E-state index in [0.29, 0.717) is 12.5 Å². The van der Waals surface area contributed by atoms with Gasteiger partial charge in [-0.15, -0.1) is 0 Å². The zero-order chi connectivity index (χ0) is 19.2. The number of halogens is 3. The van der Waals surface area contributed by atoms with Crippen LogP contribution in [0.15, 0.2) is 29.3 Å². The van der Waals surface area contributed by atoms with Crippen LogP contribution in [0.5, 0.6) is 0 Å². The number of hydrogen-bond donors (Lipinski definition) is 1. The van der Waals surface area contributed by atoms with Gasteiger partial charge in [0.25, 0.3) is 0 Å². The molecule has 1 aliphatic heterocycles. The first-order valence-corrected chi connectivity index (χ1v) is 9.13. The summed E-state index contributed by atoms with van der Waals surface area (Å²) in [6.07, 6.45) is -1.90. The van der Waals surface area contributed by atoms with Crippen LogP contribution < -0.4 is 5.32 Å². The van der Waals surface area contributed by atoms with E-state index in [-0.39, 0.29) is 0 Å². The van der Waals surface area contributed by atoms with Crippen molar-refractivity contribution in [2.75, 3.05) is 40.3 Å². The summed E-state index contributed by atoms with van der Waals surface area (Å²) < 4.78 is 38.0. The fraction of sp³-hybridized carbons (Fsp3) is 0.632. The summed E-state index contributed by atoms with van der Waals surface area (Å²) in [4.78, 5) is 9.04. The number of hydrogen-bond acceptors (Lipinski definition) is 2. The molecule has 2 rings (SSSR count). The molecule has 0 aromatic heterocycles. The van der Waals surface area contributed by atoms with Gasteiger partial charge in [0.15, 0.2) is 5.96 Å². The third kappa shape index (κ3) is 6.20. The highest BCUT2D eigenvalue weighted by atomic mass is 19.4. The number of guanidine groups is 1. The van der Waals surface area contributed by atoms with Crippen LogP contribution >= 0.6 is 0 Å². The van der Waals surface area contributed by atoms with Crippen LogP contribution in [0.2, 0.25) is 0 Å². The highest BCUT2D eigenvalue weighted by Crippen LogP contribution is 2.29. The van der Waals surface area contributed by atoms with Gasteiger partial charge in [0.05, 0.1) is 5.56 Å². The molecule has 0 radical (unpaired) electrons. The number of benzene rings is 1. The maximum atomic E-state index is 12.7. The Morgan fingerprint density at radius 2 is 2.00 bits per heavy atom. The van der Waals surface area contributed by atoms with E-state index in [1.807, 2.05) is 18.9 Å². The van der Waals surface area contributed by atoms with E-state index in [4.69, 9.17) is 4.99 Å². The van der Waals surface area contributed by atoms with Crippen LogP contribution in [0.25, 0.3) is 0 Å². The number of rotatable bonds is 5. The number of nitrogens with zero attached hydrogens (tertiary/aromatic N) is 3. The van der Waals surface area contributed by atoms with Crippen molar-refractivity contribution in [3.05, 3.63) is 35.4 Å². The molecule has 1 atom stereocenters. The molecular formula is C19H29F3N4. The van der Waals surface area contributed by atoms with Crippen molar-refractivity contribution < 1.29 is 13.2 Å². The molecule has 1 unspecified atom stereocenters. The highest BCUT2D eigenvalue weighted by molar-refractivity contribution is 5.79. The van der Waals surface area contributed by atoms with Crippen LogP contribution in [0.3, 0.4) is 0 Å². The average Bonchev–Trinajstić information content (AvgIpc) is 2.58. The SMILES string of the molecule is CCNC(=NCC1CCCN(C)C1)N(C)Cc1ccc(C(F)(F)F)cc1. The van der Waals surface area contributed by atoms with Crippen molar-refractivity contribution in [3.63, 3.8) is 0 Å². The average molecular weight is 370 g/mol. The van der Waals surface area contributed by atoms with Gasteiger partial charge in [0.2, 0.25) is 0 Å². The van der Waals surface area contributed by atoms with Crippen LogP contribution in [0.1, 0.15) is 30.9 Å². The summed E-state index contributed by atoms with van der Waals surface area (Å²) in [6, 6.07) is 5.31. The zero-order valence-electron chi connectivity index (χ0n) is 15.8. The second-order valence-electron chi connectivity index (χ2n) is 7.02. The van der Waals surface area contributed by atoms with Crippen molar-refractivity contribution in [2.24, 2.45) is 10.9 Å². The Morgan fingerprint density at radius 3 is 2.58 bits per heavy atom. The van der Waals surface area contributed by atoms with Crippen LogP contribution in [-0.2, 0) is 12.7 Å². The van der Waals surface area contributed by atoms with Gasteiger partial charge in [-0.05, 0) is 57.0 Å². The minimum absolute atomic E-state index is 0.508. The molecule has 0 saturated carbocycles. The Bertz CT molecular complexity index is 583. The fourth-order valence-corrected chi connectivity index (χ4v) is 3.26. The van der Waals surface area contributed by atoms with E-state index < -0.39 is 11.7 Å². The van der Waals surface area contributed by atoms with Gasteiger partial charge in [-0.3, -0.25) is 4.99 Å². The second kappa shape index (κ2) is 9.26. The van der Waals surface area contributed by atoms with Crippen molar-refractivity contribution in [2.45, 2.75) is 32.5 Å². The first-order chi connectivity index (χ1) is 12.3. The molecule has 7 heteroatoms. The molecule has 26 heavy (non-hydrogen) atoms. The summed E-state index contributed by atoms with van der Waals surface area (Å²) >= 11 is 0. The third-order valence-corrected chi connectivity index (χ3v) is 4.62. The van der Waals surface area contributed by atoms with Crippen molar-refractivity contribution >= 4 is 5.96 Å². The first-order valence-electron chi connectivity index (χ1n) is 9.13. The molecule has 0 bridgehead atoms. The molecule has 1 aliphatic rings. The lowest BCUT2D eigenvalue weighted by Gasteiger charge is -2.29. The molecule has 1 fully saturated rings. The number of piperidine rings is 1. The molecule has 1 aromatic rings. The normalized spacial score (nSPS) is 19.5. The van der Waals surface area contributed by atoms with Gasteiger partial charge in [-0.25, -0.2) is 0 Å². The molecule has 0 aliphatic carbocycles. The second-order valence-corrected chi connectivity index (χ2v) is 7.02. The molecular weight excluding hydrogens is 341 g/mol. The largest absolute Gasteiger partial charge is 0.416 e. The standard InChI is InChI=1S/C19H29F3N4/c1-4-23-18(24-12-16-6-5-11-25(2)13-16)26(3)14-15-7-9-17(10-8-15)19(20,21)22/h7-10,16H,4-6,11-14H2,1-3H3,(H,23,24). The first kappa shape index (κ1) is 20.6. The molecule has 146 valence electrons. The summed E-state index contributed by atoms with van der Waals surface area (Å²) in [7, 11) is 4.05. The number of nitrogens with one attached hydrogen (secondary N) is 1. The molecule has 0 amide bonds. The zero-order valence-corrected chi connectivity index (χ0v) is 15.8. The van der Waals surface area contributed by atoms with E-state index in [2.05, 4.69) is 17.3 Å². The molecule has 0 spiro atoms. The quantitative estimate of drug-likeness (QED) is 0.636. The molecule has 4 nitrogen and oxygen atoms in total. The van der Waals surface area contributed by atoms with E-state index in [1.165, 1.54) is 25.0 Å². The lowest BCUT2D eigenvalue weighted by molar-refractivity contribution is -0.137. The van der Waals surface area contributed by atoms with Crippen LogP contribution in [0.4, 0.5) is 13.2 Å². The van der Waals surface area contributed by atoms with Crippen molar-refractivity contribution in [1.82, 2.24) is 15.1 Å². The Kier molecular flexibility index (Phi) is 7.32. The topological polar surface area (TPSA) is 30.9 Å². The minimum atomic E-state index is -4.30. The number of aliphatic imine (C=N–C) groups is 1. The summed E-state index contributed by atoms with van der Waals surface area (Å²) in [5.74, 6) is 1.35. The van der Waals surface area contributed by atoms with Gasteiger partial charge < -0.3 is 15.1 Å². The number of likely N-dealkylation sites (tertiary alicyclic amines) is 1. The Hall–Kier alpha value is -1.76. The molecule has 1 heterocycles. The van der Waals surface area contributed by atoms with E-state index in [0.717, 1.165) is 49.8 Å². The molecule has 1 saturated heterocycles. The minimum Gasteiger partial charge on any atom is -0.357 e. The lowest BCUT2D eigenvalue weighted by atomic mass is 9.99. The van der Waals surface area contributed by atoms with E-state index in [9.17, 15) is 13.2 Å². The van der Waals surface area contributed by atoms with Gasteiger partial charge in [-0.1, -0.05) is 12.1 Å². The van der Waals surface area contributed by atoms with Crippen LogP contribution in [0, 0.1) is 5.92 Å². The Labute approximate surface area is 154 Å².